The molecule has 5 nitrogen and oxygen atoms in total. The number of benzene rings is 2. The minimum absolute atomic E-state index is 0.207. The summed E-state index contributed by atoms with van der Waals surface area (Å²) in [4.78, 5) is 26.4. The van der Waals surface area contributed by atoms with Gasteiger partial charge in [0.1, 0.15) is 0 Å². The Balaban J connectivity index is 1.34. The van der Waals surface area contributed by atoms with Crippen LogP contribution in [-0.2, 0) is 17.6 Å². The summed E-state index contributed by atoms with van der Waals surface area (Å²) in [5.74, 6) is 0.437. The van der Waals surface area contributed by atoms with E-state index in [1.165, 1.54) is 11.1 Å². The highest BCUT2D eigenvalue weighted by Gasteiger charge is 2.36. The first-order chi connectivity index (χ1) is 12.7. The van der Waals surface area contributed by atoms with Crippen molar-refractivity contribution < 1.29 is 9.59 Å². The van der Waals surface area contributed by atoms with E-state index in [0.717, 1.165) is 43.6 Å². The van der Waals surface area contributed by atoms with Crippen molar-refractivity contribution in [3.05, 3.63) is 59.7 Å². The van der Waals surface area contributed by atoms with E-state index in [2.05, 4.69) is 10.6 Å². The van der Waals surface area contributed by atoms with Gasteiger partial charge in [0.25, 0.3) is 0 Å². The molecule has 2 aromatic rings. The summed E-state index contributed by atoms with van der Waals surface area (Å²) in [6.45, 7) is 1.32. The lowest BCUT2D eigenvalue weighted by Crippen LogP contribution is -2.31. The molecule has 2 aromatic carbocycles. The molecule has 1 fully saturated rings. The molecule has 134 valence electrons. The fourth-order valence-electron chi connectivity index (χ4n) is 3.38. The van der Waals surface area contributed by atoms with Crippen molar-refractivity contribution in [1.29, 1.82) is 0 Å². The molecule has 2 N–H and O–H groups in total. The Morgan fingerprint density at radius 1 is 1.08 bits per heavy atom. The van der Waals surface area contributed by atoms with Gasteiger partial charge in [-0.25, -0.2) is 4.79 Å². The van der Waals surface area contributed by atoms with Crippen molar-refractivity contribution >= 4 is 23.3 Å². The summed E-state index contributed by atoms with van der Waals surface area (Å²) >= 11 is 0. The molecule has 0 unspecified atom stereocenters. The van der Waals surface area contributed by atoms with Gasteiger partial charge in [-0.15, -0.1) is 0 Å². The van der Waals surface area contributed by atoms with Gasteiger partial charge in [-0.1, -0.05) is 36.4 Å². The van der Waals surface area contributed by atoms with Crippen molar-refractivity contribution in [2.24, 2.45) is 5.92 Å². The molecule has 0 bridgehead atoms. The number of rotatable bonds is 5. The molecule has 2 aliphatic rings. The van der Waals surface area contributed by atoms with Crippen molar-refractivity contribution in [3.63, 3.8) is 0 Å². The molecular formula is C21H23N3O2. The monoisotopic (exact) mass is 349 g/mol. The van der Waals surface area contributed by atoms with Crippen molar-refractivity contribution in [3.8, 4) is 0 Å². The van der Waals surface area contributed by atoms with E-state index in [9.17, 15) is 9.59 Å². The third-order valence-electron chi connectivity index (χ3n) is 4.97. The van der Waals surface area contributed by atoms with Gasteiger partial charge in [0.05, 0.1) is 0 Å². The number of nitrogens with one attached hydrogen (secondary N) is 2. The summed E-state index contributed by atoms with van der Waals surface area (Å²) in [5, 5.41) is 5.75. The highest BCUT2D eigenvalue weighted by molar-refractivity contribution is 5.99. The van der Waals surface area contributed by atoms with Crippen molar-refractivity contribution in [2.75, 3.05) is 23.3 Å². The van der Waals surface area contributed by atoms with E-state index in [-0.39, 0.29) is 17.9 Å². The van der Waals surface area contributed by atoms with E-state index < -0.39 is 0 Å². The van der Waals surface area contributed by atoms with E-state index in [4.69, 9.17) is 0 Å². The van der Waals surface area contributed by atoms with Crippen molar-refractivity contribution in [2.45, 2.75) is 25.7 Å². The normalized spacial score (nSPS) is 15.5. The van der Waals surface area contributed by atoms with Crippen LogP contribution >= 0.6 is 0 Å². The average molecular weight is 349 g/mol. The molecule has 1 aliphatic heterocycles. The zero-order valence-corrected chi connectivity index (χ0v) is 14.7. The molecule has 0 aromatic heterocycles. The second kappa shape index (κ2) is 7.20. The van der Waals surface area contributed by atoms with Gasteiger partial charge >= 0.3 is 6.03 Å². The molecule has 1 saturated carbocycles. The molecular weight excluding hydrogens is 326 g/mol. The van der Waals surface area contributed by atoms with Crippen LogP contribution in [0.5, 0.6) is 0 Å². The van der Waals surface area contributed by atoms with Gasteiger partial charge in [-0.3, -0.25) is 4.79 Å². The summed E-state index contributed by atoms with van der Waals surface area (Å²) in [7, 11) is 0. The van der Waals surface area contributed by atoms with Gasteiger partial charge in [0.2, 0.25) is 5.91 Å². The van der Waals surface area contributed by atoms with E-state index >= 15 is 0 Å². The smallest absolute Gasteiger partial charge is 0.319 e. The number of urea groups is 1. The van der Waals surface area contributed by atoms with Crippen LogP contribution in [0, 0.1) is 5.92 Å². The molecule has 1 aliphatic carbocycles. The molecule has 0 atom stereocenters. The maximum Gasteiger partial charge on any atom is 0.319 e. The standard InChI is InChI=1S/C21H23N3O2/c25-20(17-6-7-17)24-13-11-16-8-9-18(14-19(16)24)23-21(26)22-12-10-15-4-2-1-3-5-15/h1-5,8-9,14,17H,6-7,10-13H2,(H2,22,23,26). The first-order valence-corrected chi connectivity index (χ1v) is 9.24. The highest BCUT2D eigenvalue weighted by atomic mass is 16.2. The predicted molar refractivity (Wildman–Crippen MR) is 102 cm³/mol. The number of amides is 3. The Kier molecular flexibility index (Phi) is 4.61. The Labute approximate surface area is 153 Å². The fraction of sp³-hybridized carbons (Fsp3) is 0.333. The summed E-state index contributed by atoms with van der Waals surface area (Å²) in [6, 6.07) is 15.7. The number of carbonyl (C=O) groups is 2. The number of fused-ring (bicyclic) bond motifs is 1. The number of hydrogen-bond acceptors (Lipinski definition) is 2. The zero-order valence-electron chi connectivity index (χ0n) is 14.7. The van der Waals surface area contributed by atoms with Crippen LogP contribution in [-0.4, -0.2) is 25.0 Å². The van der Waals surface area contributed by atoms with E-state index in [0.29, 0.717) is 6.54 Å². The molecule has 5 heteroatoms. The van der Waals surface area contributed by atoms with Crippen molar-refractivity contribution in [1.82, 2.24) is 5.32 Å². The van der Waals surface area contributed by atoms with Crippen LogP contribution in [0.25, 0.3) is 0 Å². The molecule has 0 radical (unpaired) electrons. The van der Waals surface area contributed by atoms with Crippen LogP contribution in [0.1, 0.15) is 24.0 Å². The van der Waals surface area contributed by atoms with Gasteiger partial charge < -0.3 is 15.5 Å². The lowest BCUT2D eigenvalue weighted by atomic mass is 10.1. The van der Waals surface area contributed by atoms with Gasteiger partial charge in [0, 0.05) is 30.4 Å². The van der Waals surface area contributed by atoms with Gasteiger partial charge in [0.15, 0.2) is 0 Å². The topological polar surface area (TPSA) is 61.4 Å². The molecule has 26 heavy (non-hydrogen) atoms. The fourth-order valence-corrected chi connectivity index (χ4v) is 3.38. The van der Waals surface area contributed by atoms with Crippen LogP contribution in [0.4, 0.5) is 16.2 Å². The quantitative estimate of drug-likeness (QED) is 0.870. The summed E-state index contributed by atoms with van der Waals surface area (Å²) in [5.41, 5.74) is 4.04. The zero-order chi connectivity index (χ0) is 17.9. The van der Waals surface area contributed by atoms with Crippen LogP contribution in [0.15, 0.2) is 48.5 Å². The summed E-state index contributed by atoms with van der Waals surface area (Å²) in [6.07, 6.45) is 3.69. The molecule has 3 amide bonds. The Bertz CT molecular complexity index is 815. The lowest BCUT2D eigenvalue weighted by Gasteiger charge is -2.18. The predicted octanol–water partition coefficient (Wildman–Crippen LogP) is 3.35. The van der Waals surface area contributed by atoms with Gasteiger partial charge in [-0.2, -0.15) is 0 Å². The SMILES string of the molecule is O=C(NCCc1ccccc1)Nc1ccc2c(c1)N(C(=O)C1CC1)CC2. The minimum Gasteiger partial charge on any atom is -0.338 e. The Morgan fingerprint density at radius 3 is 2.65 bits per heavy atom. The second-order valence-corrected chi connectivity index (χ2v) is 6.97. The Morgan fingerprint density at radius 2 is 1.88 bits per heavy atom. The average Bonchev–Trinajstić information content (AvgIpc) is 3.42. The molecule has 4 rings (SSSR count). The Hall–Kier alpha value is -2.82. The molecule has 0 spiro atoms. The first kappa shape index (κ1) is 16.6. The van der Waals surface area contributed by atoms with Crippen LogP contribution in [0.2, 0.25) is 0 Å². The van der Waals surface area contributed by atoms with E-state index in [1.807, 2.05) is 53.4 Å². The number of carbonyl (C=O) groups excluding carboxylic acids is 2. The number of anilines is 2. The highest BCUT2D eigenvalue weighted by Crippen LogP contribution is 2.37. The largest absolute Gasteiger partial charge is 0.338 e. The van der Waals surface area contributed by atoms with Crippen LogP contribution in [0.3, 0.4) is 0 Å². The number of nitrogens with zero attached hydrogens (tertiary/aromatic N) is 1. The first-order valence-electron chi connectivity index (χ1n) is 9.24. The second-order valence-electron chi connectivity index (χ2n) is 6.97. The lowest BCUT2D eigenvalue weighted by molar-refractivity contribution is -0.119. The van der Waals surface area contributed by atoms with E-state index in [1.54, 1.807) is 0 Å². The maximum absolute atomic E-state index is 12.4. The van der Waals surface area contributed by atoms with Gasteiger partial charge in [-0.05, 0) is 48.9 Å². The third-order valence-corrected chi connectivity index (χ3v) is 4.97. The molecule has 1 heterocycles. The summed E-state index contributed by atoms with van der Waals surface area (Å²) < 4.78 is 0. The minimum atomic E-state index is -0.223. The number of hydrogen-bond donors (Lipinski definition) is 2. The van der Waals surface area contributed by atoms with Crippen LogP contribution < -0.4 is 15.5 Å². The third kappa shape index (κ3) is 3.72. The maximum atomic E-state index is 12.4. The molecule has 0 saturated heterocycles.